The van der Waals surface area contributed by atoms with E-state index in [0.29, 0.717) is 11.0 Å². The van der Waals surface area contributed by atoms with E-state index in [0.717, 1.165) is 21.4 Å². The number of aryl methyl sites for hydroxylation is 3. The zero-order valence-corrected chi connectivity index (χ0v) is 15.8. The van der Waals surface area contributed by atoms with Crippen molar-refractivity contribution in [3.63, 3.8) is 0 Å². The van der Waals surface area contributed by atoms with Gasteiger partial charge in [0.15, 0.2) is 0 Å². The molecule has 2 aromatic heterocycles. The Morgan fingerprint density at radius 2 is 1.85 bits per heavy atom. The predicted molar refractivity (Wildman–Crippen MR) is 104 cm³/mol. The van der Waals surface area contributed by atoms with Gasteiger partial charge in [-0.1, -0.05) is 30.3 Å². The summed E-state index contributed by atoms with van der Waals surface area (Å²) in [6.45, 7) is 5.11. The highest BCUT2D eigenvalue weighted by Crippen LogP contribution is 2.13. The van der Waals surface area contributed by atoms with Crippen LogP contribution < -0.4 is 16.6 Å². The minimum absolute atomic E-state index is 0.232. The van der Waals surface area contributed by atoms with E-state index < -0.39 is 17.2 Å². The third-order valence-electron chi connectivity index (χ3n) is 4.60. The average Bonchev–Trinajstić information content (AvgIpc) is 2.63. The van der Waals surface area contributed by atoms with Gasteiger partial charge in [-0.15, -0.1) is 0 Å². The topological polar surface area (TPSA) is 86.0 Å². The molecule has 7 nitrogen and oxygen atoms in total. The van der Waals surface area contributed by atoms with Gasteiger partial charge in [0.1, 0.15) is 12.2 Å². The molecule has 27 heavy (non-hydrogen) atoms. The molecule has 0 saturated carbocycles. The molecule has 2 heterocycles. The highest BCUT2D eigenvalue weighted by Gasteiger charge is 2.17. The van der Waals surface area contributed by atoms with Crippen LogP contribution in [0.1, 0.15) is 29.8 Å². The van der Waals surface area contributed by atoms with Gasteiger partial charge in [-0.25, -0.2) is 9.78 Å². The smallest absolute Gasteiger partial charge is 0.332 e. The Balaban J connectivity index is 1.97. The Hall–Kier alpha value is -3.22. The van der Waals surface area contributed by atoms with Crippen molar-refractivity contribution in [2.75, 3.05) is 0 Å². The van der Waals surface area contributed by atoms with Gasteiger partial charge in [0, 0.05) is 12.7 Å². The summed E-state index contributed by atoms with van der Waals surface area (Å²) >= 11 is 0. The van der Waals surface area contributed by atoms with Gasteiger partial charge < -0.3 is 5.32 Å². The van der Waals surface area contributed by atoms with Crippen molar-refractivity contribution < 1.29 is 4.79 Å². The molecule has 7 heteroatoms. The number of pyridine rings is 1. The van der Waals surface area contributed by atoms with Crippen LogP contribution in [0.15, 0.2) is 46.0 Å². The third kappa shape index (κ3) is 3.53. The van der Waals surface area contributed by atoms with Crippen LogP contribution >= 0.6 is 0 Å². The summed E-state index contributed by atoms with van der Waals surface area (Å²) in [5.74, 6) is -0.400. The van der Waals surface area contributed by atoms with E-state index in [1.54, 1.807) is 27.0 Å². The maximum atomic E-state index is 12.9. The molecule has 0 saturated heterocycles. The molecular weight excluding hydrogens is 344 g/mol. The molecule has 0 bridgehead atoms. The second-order valence-corrected chi connectivity index (χ2v) is 6.71. The minimum atomic E-state index is -0.562. The van der Waals surface area contributed by atoms with Crippen molar-refractivity contribution in [1.82, 2.24) is 19.4 Å². The largest absolute Gasteiger partial charge is 0.348 e. The molecule has 0 fully saturated rings. The normalized spacial score (nSPS) is 12.1. The minimum Gasteiger partial charge on any atom is -0.348 e. The van der Waals surface area contributed by atoms with Crippen LogP contribution in [0.5, 0.6) is 0 Å². The van der Waals surface area contributed by atoms with Gasteiger partial charge in [0.25, 0.3) is 5.56 Å². The second-order valence-electron chi connectivity index (χ2n) is 6.71. The fraction of sp³-hybridized carbons (Fsp3) is 0.300. The SMILES string of the molecule is Cc1cc(C)c2c(=O)n(CC(=O)N[C@@H](C)c3ccccc3)c(=O)n(C)c2n1. The van der Waals surface area contributed by atoms with Crippen molar-refractivity contribution >= 4 is 16.9 Å². The Morgan fingerprint density at radius 1 is 1.19 bits per heavy atom. The van der Waals surface area contributed by atoms with E-state index in [1.807, 2.05) is 37.3 Å². The molecule has 1 amide bonds. The standard InChI is InChI=1S/C20H22N4O3/c1-12-10-13(2)21-18-17(12)19(26)24(20(27)23(18)4)11-16(25)22-14(3)15-8-6-5-7-9-15/h5-10,14H,11H2,1-4H3,(H,22,25)/t14-/m0/s1. The number of benzene rings is 1. The zero-order valence-electron chi connectivity index (χ0n) is 15.8. The van der Waals surface area contributed by atoms with Gasteiger partial charge in [0.2, 0.25) is 5.91 Å². The van der Waals surface area contributed by atoms with Gasteiger partial charge in [-0.3, -0.25) is 18.7 Å². The van der Waals surface area contributed by atoms with E-state index in [9.17, 15) is 14.4 Å². The first kappa shape index (κ1) is 18.6. The molecule has 1 atom stereocenters. The molecule has 0 spiro atoms. The number of carbonyl (C=O) groups excluding carboxylic acids is 1. The molecule has 0 aliphatic heterocycles. The summed E-state index contributed by atoms with van der Waals surface area (Å²) in [6, 6.07) is 11.0. The number of nitrogens with zero attached hydrogens (tertiary/aromatic N) is 3. The molecule has 140 valence electrons. The fourth-order valence-electron chi connectivity index (χ4n) is 3.21. The summed E-state index contributed by atoms with van der Waals surface area (Å²) in [5, 5.41) is 3.18. The molecule has 1 aromatic carbocycles. The number of amides is 1. The quantitative estimate of drug-likeness (QED) is 0.760. The third-order valence-corrected chi connectivity index (χ3v) is 4.60. The first-order valence-corrected chi connectivity index (χ1v) is 8.71. The number of hydrogen-bond acceptors (Lipinski definition) is 4. The Kier molecular flexibility index (Phi) is 4.94. The lowest BCUT2D eigenvalue weighted by Gasteiger charge is -2.16. The van der Waals surface area contributed by atoms with Crippen LogP contribution in [0.25, 0.3) is 11.0 Å². The van der Waals surface area contributed by atoms with Crippen molar-refractivity contribution in [3.8, 4) is 0 Å². The Bertz CT molecular complexity index is 1130. The Labute approximate surface area is 156 Å². The summed E-state index contributed by atoms with van der Waals surface area (Å²) in [6.07, 6.45) is 0. The highest BCUT2D eigenvalue weighted by atomic mass is 16.2. The number of nitrogens with one attached hydrogen (secondary N) is 1. The second kappa shape index (κ2) is 7.19. The van der Waals surface area contributed by atoms with E-state index in [-0.39, 0.29) is 12.6 Å². The van der Waals surface area contributed by atoms with Gasteiger partial charge >= 0.3 is 5.69 Å². The highest BCUT2D eigenvalue weighted by molar-refractivity contribution is 5.79. The first-order chi connectivity index (χ1) is 12.8. The van der Waals surface area contributed by atoms with Crippen molar-refractivity contribution in [2.45, 2.75) is 33.4 Å². The lowest BCUT2D eigenvalue weighted by molar-refractivity contribution is -0.122. The molecular formula is C20H22N4O3. The van der Waals surface area contributed by atoms with Gasteiger partial charge in [0.05, 0.1) is 11.4 Å². The molecule has 1 N–H and O–H groups in total. The van der Waals surface area contributed by atoms with Crippen LogP contribution in [0, 0.1) is 13.8 Å². The number of aromatic nitrogens is 3. The van der Waals surface area contributed by atoms with Crippen LogP contribution in [0.2, 0.25) is 0 Å². The monoisotopic (exact) mass is 366 g/mol. The number of carbonyl (C=O) groups is 1. The van der Waals surface area contributed by atoms with E-state index in [4.69, 9.17) is 0 Å². The van der Waals surface area contributed by atoms with Crippen LogP contribution in [-0.4, -0.2) is 20.0 Å². The maximum absolute atomic E-state index is 12.9. The molecule has 0 aliphatic carbocycles. The number of fused-ring (bicyclic) bond motifs is 1. The van der Waals surface area contributed by atoms with E-state index in [2.05, 4.69) is 10.3 Å². The van der Waals surface area contributed by atoms with Crippen molar-refractivity contribution in [2.24, 2.45) is 7.05 Å². The van der Waals surface area contributed by atoms with E-state index >= 15 is 0 Å². The average molecular weight is 366 g/mol. The van der Waals surface area contributed by atoms with Crippen LogP contribution in [0.4, 0.5) is 0 Å². The lowest BCUT2D eigenvalue weighted by atomic mass is 10.1. The molecule has 0 unspecified atom stereocenters. The fourth-order valence-corrected chi connectivity index (χ4v) is 3.21. The van der Waals surface area contributed by atoms with Crippen LogP contribution in [-0.2, 0) is 18.4 Å². The zero-order chi connectivity index (χ0) is 19.7. The number of hydrogen-bond donors (Lipinski definition) is 1. The summed E-state index contributed by atoms with van der Waals surface area (Å²) in [7, 11) is 1.55. The summed E-state index contributed by atoms with van der Waals surface area (Å²) in [4.78, 5) is 42.2. The summed E-state index contributed by atoms with van der Waals surface area (Å²) < 4.78 is 2.27. The first-order valence-electron chi connectivity index (χ1n) is 8.71. The van der Waals surface area contributed by atoms with Gasteiger partial charge in [-0.05, 0) is 38.0 Å². The van der Waals surface area contributed by atoms with Crippen molar-refractivity contribution in [3.05, 3.63) is 74.1 Å². The van der Waals surface area contributed by atoms with E-state index in [1.165, 1.54) is 4.57 Å². The predicted octanol–water partition coefficient (Wildman–Crippen LogP) is 1.59. The molecule has 3 rings (SSSR count). The number of rotatable bonds is 4. The van der Waals surface area contributed by atoms with Crippen molar-refractivity contribution in [1.29, 1.82) is 0 Å². The molecule has 0 radical (unpaired) electrons. The molecule has 0 aliphatic rings. The van der Waals surface area contributed by atoms with Crippen LogP contribution in [0.3, 0.4) is 0 Å². The molecule has 3 aromatic rings. The lowest BCUT2D eigenvalue weighted by Crippen LogP contribution is -2.44. The maximum Gasteiger partial charge on any atom is 0.332 e. The Morgan fingerprint density at radius 3 is 2.52 bits per heavy atom. The van der Waals surface area contributed by atoms with Gasteiger partial charge in [-0.2, -0.15) is 0 Å². The summed E-state index contributed by atoms with van der Waals surface area (Å²) in [5.41, 5.74) is 1.66.